The number of amides is 2. The second-order valence-electron chi connectivity index (χ2n) is 18.9. The third kappa shape index (κ3) is 10.2. The van der Waals surface area contributed by atoms with Crippen molar-refractivity contribution in [3.8, 4) is 22.6 Å². The molecular weight excluding hydrogens is 850 g/mol. The smallest absolute Gasteiger partial charge is 0.329 e. The third-order valence-corrected chi connectivity index (χ3v) is 14.6. The monoisotopic (exact) mass is 911 g/mol. The van der Waals surface area contributed by atoms with Crippen LogP contribution < -0.4 is 25.4 Å². The van der Waals surface area contributed by atoms with Crippen LogP contribution in [0.3, 0.4) is 0 Å². The van der Waals surface area contributed by atoms with Crippen molar-refractivity contribution < 1.29 is 29.0 Å². The number of benzene rings is 3. The van der Waals surface area contributed by atoms with Crippen LogP contribution in [-0.4, -0.2) is 58.7 Å². The summed E-state index contributed by atoms with van der Waals surface area (Å²) in [6.07, 6.45) is 11.9. The van der Waals surface area contributed by atoms with E-state index in [1.165, 1.54) is 16.7 Å². The fourth-order valence-electron chi connectivity index (χ4n) is 10.8. The van der Waals surface area contributed by atoms with Gasteiger partial charge >= 0.3 is 5.97 Å². The van der Waals surface area contributed by atoms with Crippen LogP contribution in [0.2, 0.25) is 5.02 Å². The van der Waals surface area contributed by atoms with E-state index in [2.05, 4.69) is 51.9 Å². The Labute approximate surface area is 393 Å². The van der Waals surface area contributed by atoms with Gasteiger partial charge in [0.1, 0.15) is 22.7 Å². The number of rotatable bonds is 17. The Bertz CT molecular complexity index is 2540. The minimum absolute atomic E-state index is 0.0595. The molecule has 8 rings (SSSR count). The zero-order valence-electron chi connectivity index (χ0n) is 38.5. The first kappa shape index (κ1) is 46.6. The van der Waals surface area contributed by atoms with E-state index in [1.807, 2.05) is 67.7 Å². The lowest BCUT2D eigenvalue weighted by atomic mass is 9.59. The Morgan fingerprint density at radius 1 is 0.924 bits per heavy atom. The lowest BCUT2D eigenvalue weighted by Gasteiger charge is -2.47. The quantitative estimate of drug-likeness (QED) is 0.0668. The van der Waals surface area contributed by atoms with Crippen LogP contribution in [0.4, 0.5) is 5.69 Å². The first-order chi connectivity index (χ1) is 31.9. The minimum Gasteiger partial charge on any atom is -0.494 e. The first-order valence-electron chi connectivity index (χ1n) is 23.6. The van der Waals surface area contributed by atoms with Crippen LogP contribution in [0.25, 0.3) is 11.1 Å². The number of carbonyl (C=O) groups excluding carboxylic acids is 2. The summed E-state index contributed by atoms with van der Waals surface area (Å²) < 4.78 is 13.0. The van der Waals surface area contributed by atoms with Crippen LogP contribution in [0.1, 0.15) is 129 Å². The molecule has 0 bridgehead atoms. The van der Waals surface area contributed by atoms with Crippen molar-refractivity contribution in [2.24, 2.45) is 11.8 Å². The number of nitrogens with zero attached hydrogens (tertiary/aromatic N) is 2. The average molecular weight is 913 g/mol. The summed E-state index contributed by atoms with van der Waals surface area (Å²) in [5, 5.41) is 20.4. The van der Waals surface area contributed by atoms with Crippen molar-refractivity contribution in [3.63, 3.8) is 0 Å². The number of carbonyl (C=O) groups is 3. The van der Waals surface area contributed by atoms with Gasteiger partial charge in [-0.3, -0.25) is 19.6 Å². The molecule has 2 aromatic heterocycles. The maximum Gasteiger partial charge on any atom is 0.329 e. The molecule has 12 heteroatoms. The molecule has 2 heterocycles. The van der Waals surface area contributed by atoms with Gasteiger partial charge < -0.3 is 30.5 Å². The molecule has 4 atom stereocenters. The number of aliphatic carboxylic acids is 1. The normalized spacial score (nSPS) is 21.8. The Hall–Kier alpha value is -5.94. The maximum atomic E-state index is 13.2. The number of pyridine rings is 2. The molecule has 0 saturated heterocycles. The highest BCUT2D eigenvalue weighted by molar-refractivity contribution is 6.30. The van der Waals surface area contributed by atoms with Gasteiger partial charge in [-0.1, -0.05) is 61.8 Å². The SMILES string of the molecule is CNC(=O)c1ccc(-c2cccc([C@@H](C)NC(=O)CCCOc3ccc4c(c3)C3(CCC(Nc5cccc(Cl)c5)(C(=O)O)CC3)[C@@H](C[C@@H](C)COc3ccnc5c3[C@H](C)CCC5)C4)c2)cn1. The first-order valence-corrected chi connectivity index (χ1v) is 24.0. The molecule has 11 nitrogen and oxygen atoms in total. The Balaban J connectivity index is 0.921. The highest BCUT2D eigenvalue weighted by Crippen LogP contribution is 2.57. The molecule has 1 fully saturated rings. The standard InChI is InChI=1S/C54H62ClN5O6/c1-34(33-66-48-20-25-57-46-14-5-9-35(2)50(46)48)27-41-29-39-16-18-44(31-45(39)53(41)21-23-54(24-22-53,52(63)64)60-43-13-7-12-42(55)30-43)65-26-8-15-49(61)59-36(3)37-10-6-11-38(28-37)40-17-19-47(58-32-40)51(62)56-4/h6-7,10-13,16-20,25,28,30-32,34-36,41,60H,5,8-9,14-15,21-24,26-27,29,33H2,1-4H3,(H,56,62)(H,59,61)(H,63,64)/t34-,35-,36-,41+,53?,54?/m1/s1. The van der Waals surface area contributed by atoms with Crippen LogP contribution in [0.15, 0.2) is 97.3 Å². The van der Waals surface area contributed by atoms with Gasteiger partial charge in [0.2, 0.25) is 5.91 Å². The largest absolute Gasteiger partial charge is 0.494 e. The van der Waals surface area contributed by atoms with Gasteiger partial charge in [0.25, 0.3) is 5.91 Å². The summed E-state index contributed by atoms with van der Waals surface area (Å²) in [5.74, 6) is 1.56. The molecule has 0 radical (unpaired) electrons. The fraction of sp³-hybridized carbons (Fsp3) is 0.426. The lowest BCUT2D eigenvalue weighted by Crippen LogP contribution is -2.53. The molecule has 1 saturated carbocycles. The number of nitrogens with one attached hydrogen (secondary N) is 3. The molecule has 3 aliphatic rings. The number of hydrogen-bond donors (Lipinski definition) is 4. The topological polar surface area (TPSA) is 152 Å². The summed E-state index contributed by atoms with van der Waals surface area (Å²) in [6.45, 7) is 7.49. The van der Waals surface area contributed by atoms with E-state index in [0.29, 0.717) is 80.0 Å². The predicted molar refractivity (Wildman–Crippen MR) is 258 cm³/mol. The Kier molecular flexibility index (Phi) is 14.3. The van der Waals surface area contributed by atoms with E-state index in [1.54, 1.807) is 31.4 Å². The van der Waals surface area contributed by atoms with E-state index in [0.717, 1.165) is 66.0 Å². The van der Waals surface area contributed by atoms with Crippen LogP contribution in [0, 0.1) is 11.8 Å². The van der Waals surface area contributed by atoms with Gasteiger partial charge in [0.15, 0.2) is 0 Å². The molecule has 66 heavy (non-hydrogen) atoms. The van der Waals surface area contributed by atoms with Gasteiger partial charge in [-0.2, -0.15) is 0 Å². The van der Waals surface area contributed by atoms with Gasteiger partial charge in [0, 0.05) is 53.4 Å². The summed E-state index contributed by atoms with van der Waals surface area (Å²) in [6, 6.07) is 27.0. The number of fused-ring (bicyclic) bond motifs is 3. The number of aromatic nitrogens is 2. The second-order valence-corrected chi connectivity index (χ2v) is 19.3. The number of carboxylic acid groups (broad SMARTS) is 1. The van der Waals surface area contributed by atoms with E-state index < -0.39 is 11.5 Å². The summed E-state index contributed by atoms with van der Waals surface area (Å²) in [5.41, 5.74) is 7.45. The molecule has 0 aliphatic heterocycles. The fourth-order valence-corrected chi connectivity index (χ4v) is 11.0. The van der Waals surface area contributed by atoms with E-state index >= 15 is 0 Å². The van der Waals surface area contributed by atoms with Crippen molar-refractivity contribution in [2.75, 3.05) is 25.6 Å². The van der Waals surface area contributed by atoms with Crippen molar-refractivity contribution in [1.29, 1.82) is 0 Å². The van der Waals surface area contributed by atoms with E-state index in [-0.39, 0.29) is 29.2 Å². The van der Waals surface area contributed by atoms with Crippen molar-refractivity contribution in [1.82, 2.24) is 20.6 Å². The van der Waals surface area contributed by atoms with Crippen LogP contribution >= 0.6 is 11.6 Å². The van der Waals surface area contributed by atoms with Crippen LogP contribution in [0.5, 0.6) is 11.5 Å². The average Bonchev–Trinajstić information content (AvgIpc) is 3.60. The van der Waals surface area contributed by atoms with Crippen LogP contribution in [-0.2, 0) is 27.8 Å². The van der Waals surface area contributed by atoms with Gasteiger partial charge in [0.05, 0.1) is 19.3 Å². The number of anilines is 1. The van der Waals surface area contributed by atoms with Gasteiger partial charge in [-0.25, -0.2) is 4.79 Å². The zero-order chi connectivity index (χ0) is 46.4. The number of ether oxygens (including phenoxy) is 2. The number of aryl methyl sites for hydroxylation is 1. The second kappa shape index (κ2) is 20.3. The molecule has 346 valence electrons. The Morgan fingerprint density at radius 3 is 2.50 bits per heavy atom. The highest BCUT2D eigenvalue weighted by Gasteiger charge is 2.54. The third-order valence-electron chi connectivity index (χ3n) is 14.4. The predicted octanol–water partition coefficient (Wildman–Crippen LogP) is 10.7. The van der Waals surface area contributed by atoms with Gasteiger partial charge in [-0.15, -0.1) is 0 Å². The van der Waals surface area contributed by atoms with E-state index in [4.69, 9.17) is 21.1 Å². The Morgan fingerprint density at radius 2 is 1.74 bits per heavy atom. The molecule has 3 aliphatic carbocycles. The number of carboxylic acids is 1. The van der Waals surface area contributed by atoms with Crippen molar-refractivity contribution in [3.05, 3.63) is 136 Å². The molecular formula is C54H62ClN5O6. The summed E-state index contributed by atoms with van der Waals surface area (Å²) in [4.78, 5) is 47.2. The minimum atomic E-state index is -1.12. The molecule has 1 spiro atoms. The zero-order valence-corrected chi connectivity index (χ0v) is 39.3. The molecule has 4 N–H and O–H groups in total. The summed E-state index contributed by atoms with van der Waals surface area (Å²) >= 11 is 6.33. The molecule has 2 amide bonds. The number of hydrogen-bond acceptors (Lipinski definition) is 8. The van der Waals surface area contributed by atoms with Gasteiger partial charge in [-0.05, 0) is 165 Å². The molecule has 3 aromatic carbocycles. The lowest BCUT2D eigenvalue weighted by molar-refractivity contribution is -0.144. The molecule has 5 aromatic rings. The molecule has 0 unspecified atom stereocenters. The maximum absolute atomic E-state index is 13.2. The summed E-state index contributed by atoms with van der Waals surface area (Å²) in [7, 11) is 1.58. The number of halogens is 1. The highest BCUT2D eigenvalue weighted by atomic mass is 35.5. The van der Waals surface area contributed by atoms with Crippen molar-refractivity contribution >= 4 is 35.1 Å². The van der Waals surface area contributed by atoms with E-state index in [9.17, 15) is 19.5 Å². The van der Waals surface area contributed by atoms with Crippen molar-refractivity contribution in [2.45, 2.75) is 114 Å².